The van der Waals surface area contributed by atoms with Gasteiger partial charge in [-0.2, -0.15) is 10.3 Å². The van der Waals surface area contributed by atoms with Gasteiger partial charge in [-0.15, -0.1) is 0 Å². The van der Waals surface area contributed by atoms with Crippen molar-refractivity contribution in [1.29, 1.82) is 5.26 Å². The minimum atomic E-state index is -0.943. The summed E-state index contributed by atoms with van der Waals surface area (Å²) in [4.78, 5) is 62.2. The van der Waals surface area contributed by atoms with Gasteiger partial charge in [0, 0.05) is 30.8 Å². The second-order valence-corrected chi connectivity index (χ2v) is 13.7. The number of hydrogen-bond acceptors (Lipinski definition) is 9. The molecule has 53 heavy (non-hydrogen) atoms. The Morgan fingerprint density at radius 1 is 0.981 bits per heavy atom. The number of amides is 5. The van der Waals surface area contributed by atoms with Crippen LogP contribution in [-0.2, 0) is 29.1 Å². The molecule has 0 spiro atoms. The van der Waals surface area contributed by atoms with Gasteiger partial charge in [0.1, 0.15) is 24.6 Å². The summed E-state index contributed by atoms with van der Waals surface area (Å²) >= 11 is 1.34. The largest absolute Gasteiger partial charge is 0.375 e. The number of fused-ring (bicyclic) bond motifs is 2. The van der Waals surface area contributed by atoms with Crippen LogP contribution in [-0.4, -0.2) is 80.4 Å². The van der Waals surface area contributed by atoms with Gasteiger partial charge < -0.3 is 26.2 Å². The van der Waals surface area contributed by atoms with Gasteiger partial charge in [-0.25, -0.2) is 19.2 Å². The van der Waals surface area contributed by atoms with E-state index in [1.54, 1.807) is 65.6 Å². The number of aromatic nitrogens is 1. The molecule has 0 bridgehead atoms. The molecule has 2 fully saturated rings. The second-order valence-electron chi connectivity index (χ2n) is 12.7. The third kappa shape index (κ3) is 7.50. The summed E-state index contributed by atoms with van der Waals surface area (Å²) in [6.07, 6.45) is -0.625. The number of halogens is 1. The first kappa shape index (κ1) is 35.1. The molecule has 2 aliphatic heterocycles. The number of piperazine rings is 1. The number of nitrogens with zero attached hydrogens (tertiary/aromatic N) is 6. The van der Waals surface area contributed by atoms with E-state index >= 15 is 0 Å². The number of nitriles is 1. The molecular weight excluding hydrogens is 698 g/mol. The van der Waals surface area contributed by atoms with E-state index < -0.39 is 24.1 Å². The number of hydrogen-bond donors (Lipinski definition) is 3. The Balaban J connectivity index is 1.16. The molecule has 0 unspecified atom stereocenters. The van der Waals surface area contributed by atoms with Crippen LogP contribution in [0.5, 0.6) is 0 Å². The van der Waals surface area contributed by atoms with Crippen molar-refractivity contribution in [3.8, 4) is 6.07 Å². The second kappa shape index (κ2) is 15.1. The molecule has 15 heteroatoms. The van der Waals surface area contributed by atoms with Crippen LogP contribution in [0.3, 0.4) is 0 Å². The first-order chi connectivity index (χ1) is 25.7. The lowest BCUT2D eigenvalue weighted by Gasteiger charge is -2.46. The molecule has 0 aliphatic carbocycles. The molecule has 2 atom stereocenters. The van der Waals surface area contributed by atoms with Crippen LogP contribution < -0.4 is 16.4 Å². The fraction of sp³-hybridized carbons (Fsp3) is 0.211. The lowest BCUT2D eigenvalue weighted by molar-refractivity contribution is -0.157. The summed E-state index contributed by atoms with van der Waals surface area (Å²) in [5.74, 6) is -1.33. The number of nitrogen functional groups attached to an aromatic ring is 1. The highest BCUT2D eigenvalue weighted by molar-refractivity contribution is 7.22. The number of urea groups is 1. The Morgan fingerprint density at radius 2 is 1.72 bits per heavy atom. The number of rotatable bonds is 10. The molecule has 0 saturated carbocycles. The van der Waals surface area contributed by atoms with Crippen molar-refractivity contribution in [1.82, 2.24) is 30.1 Å². The van der Waals surface area contributed by atoms with Gasteiger partial charge in [-0.05, 0) is 59.2 Å². The average molecular weight is 732 g/mol. The molecule has 13 nitrogen and oxygen atoms in total. The molecule has 2 aliphatic rings. The maximum absolute atomic E-state index is 14.4. The number of para-hydroxylation sites is 1. The van der Waals surface area contributed by atoms with Crippen molar-refractivity contribution in [2.24, 2.45) is 0 Å². The number of hydrazine groups is 1. The summed E-state index contributed by atoms with van der Waals surface area (Å²) in [6.45, 7) is -0.320. The van der Waals surface area contributed by atoms with E-state index in [-0.39, 0.29) is 56.9 Å². The minimum absolute atomic E-state index is 0.0503. The highest BCUT2D eigenvalue weighted by atomic mass is 32.1. The summed E-state index contributed by atoms with van der Waals surface area (Å²) < 4.78 is 14.3. The Kier molecular flexibility index (Phi) is 9.97. The van der Waals surface area contributed by atoms with E-state index in [1.807, 2.05) is 30.3 Å². The van der Waals surface area contributed by atoms with Gasteiger partial charge in [0.25, 0.3) is 5.91 Å². The van der Waals surface area contributed by atoms with Crippen LogP contribution in [0.2, 0.25) is 0 Å². The molecule has 2 saturated heterocycles. The van der Waals surface area contributed by atoms with Gasteiger partial charge in [0.05, 0.1) is 29.4 Å². The van der Waals surface area contributed by atoms with Crippen LogP contribution >= 0.6 is 11.3 Å². The van der Waals surface area contributed by atoms with E-state index in [0.717, 1.165) is 15.8 Å². The number of anilines is 2. The van der Waals surface area contributed by atoms with E-state index in [2.05, 4.69) is 15.6 Å². The van der Waals surface area contributed by atoms with Gasteiger partial charge >= 0.3 is 6.03 Å². The Labute approximate surface area is 308 Å². The number of nitrogens with two attached hydrogens (primary N) is 1. The smallest absolute Gasteiger partial charge is 0.333 e. The maximum Gasteiger partial charge on any atom is 0.333 e. The molecular formula is C38H34FN9O4S. The van der Waals surface area contributed by atoms with E-state index in [9.17, 15) is 28.8 Å². The molecule has 4 N–H and O–H groups in total. The van der Waals surface area contributed by atoms with Gasteiger partial charge in [-0.1, -0.05) is 65.9 Å². The number of benzene rings is 4. The van der Waals surface area contributed by atoms with Gasteiger partial charge in [0.2, 0.25) is 11.8 Å². The van der Waals surface area contributed by atoms with Crippen LogP contribution in [0.4, 0.5) is 20.0 Å². The van der Waals surface area contributed by atoms with Crippen LogP contribution in [0.25, 0.3) is 10.2 Å². The zero-order valence-corrected chi connectivity index (χ0v) is 29.1. The van der Waals surface area contributed by atoms with Crippen LogP contribution in [0, 0.1) is 17.1 Å². The monoisotopic (exact) mass is 731 g/mol. The Bertz CT molecular complexity index is 2210. The predicted octanol–water partition coefficient (Wildman–Crippen LogP) is 4.34. The van der Waals surface area contributed by atoms with Crippen molar-refractivity contribution in [2.45, 2.75) is 31.7 Å². The fourth-order valence-corrected chi connectivity index (χ4v) is 7.49. The van der Waals surface area contributed by atoms with Crippen molar-refractivity contribution in [2.75, 3.05) is 30.7 Å². The van der Waals surface area contributed by atoms with E-state index in [1.165, 1.54) is 38.4 Å². The topological polar surface area (TPSA) is 168 Å². The number of carbonyl (C=O) groups excluding carboxylic acids is 4. The molecule has 0 radical (unpaired) electrons. The van der Waals surface area contributed by atoms with Crippen molar-refractivity contribution in [3.05, 3.63) is 125 Å². The Morgan fingerprint density at radius 3 is 2.45 bits per heavy atom. The standard InChI is InChI=1S/C38H34FN9O4S/c39-28-13-9-25(10-14-28)20-42-38(52)46(18-17-40)47-23-33(49)48-30(19-24-11-15-29(16-12-24)43-35(50)26-5-2-1-3-6-26)36(51)45(22-32(47)48)21-27-7-4-8-31-34(27)44-37(41)53-31/h1-16,30,32H,18-23H2,(H2,41,44)(H,42,52)(H,43,50)/t30-,32+/m0/s1. The lowest BCUT2D eigenvalue weighted by Crippen LogP contribution is -2.66. The maximum atomic E-state index is 14.4. The summed E-state index contributed by atoms with van der Waals surface area (Å²) in [5.41, 5.74) is 9.95. The highest BCUT2D eigenvalue weighted by Crippen LogP contribution is 2.32. The summed E-state index contributed by atoms with van der Waals surface area (Å²) in [6, 6.07) is 27.7. The minimum Gasteiger partial charge on any atom is -0.375 e. The zero-order valence-electron chi connectivity index (χ0n) is 28.3. The zero-order chi connectivity index (χ0) is 37.1. The van der Waals surface area contributed by atoms with Crippen molar-refractivity contribution < 1.29 is 23.6 Å². The molecule has 268 valence electrons. The third-order valence-electron chi connectivity index (χ3n) is 9.25. The Hall–Kier alpha value is -6.37. The first-order valence-corrected chi connectivity index (χ1v) is 17.6. The van der Waals surface area contributed by atoms with Gasteiger partial charge in [-0.3, -0.25) is 14.4 Å². The third-order valence-corrected chi connectivity index (χ3v) is 10.1. The number of nitrogens with one attached hydrogen (secondary N) is 2. The number of carbonyl (C=O) groups is 4. The molecule has 4 aromatic carbocycles. The summed E-state index contributed by atoms with van der Waals surface area (Å²) in [7, 11) is 0. The average Bonchev–Trinajstić information content (AvgIpc) is 3.71. The molecule has 7 rings (SSSR count). The van der Waals surface area contributed by atoms with E-state index in [4.69, 9.17) is 5.73 Å². The molecule has 3 heterocycles. The normalized spacial score (nSPS) is 17.1. The molecule has 5 amide bonds. The summed E-state index contributed by atoms with van der Waals surface area (Å²) in [5, 5.41) is 18.5. The van der Waals surface area contributed by atoms with Crippen LogP contribution in [0.15, 0.2) is 97.1 Å². The molecule has 1 aromatic heterocycles. The SMILES string of the molecule is N#CCN(C(=O)NCc1ccc(F)cc1)N1CC(=O)N2[C@@H](Cc3ccc(NC(=O)c4ccccc4)cc3)C(=O)N(Cc3cccc4sc(N)nc34)C[C@@H]21. The lowest BCUT2D eigenvalue weighted by atomic mass is 9.99. The van der Waals surface area contributed by atoms with E-state index in [0.29, 0.717) is 27.5 Å². The van der Waals surface area contributed by atoms with Gasteiger partial charge in [0.15, 0.2) is 5.13 Å². The fourth-order valence-electron chi connectivity index (χ4n) is 6.70. The van der Waals surface area contributed by atoms with Crippen molar-refractivity contribution in [3.63, 3.8) is 0 Å². The predicted molar refractivity (Wildman–Crippen MR) is 196 cm³/mol. The highest BCUT2D eigenvalue weighted by Gasteiger charge is 2.52. The van der Waals surface area contributed by atoms with Crippen molar-refractivity contribution >= 4 is 56.1 Å². The van der Waals surface area contributed by atoms with Crippen LogP contribution in [0.1, 0.15) is 27.0 Å². The quantitative estimate of drug-likeness (QED) is 0.178. The first-order valence-electron chi connectivity index (χ1n) is 16.8. The molecule has 5 aromatic rings. The number of thiazole rings is 1.